The van der Waals surface area contributed by atoms with E-state index in [-0.39, 0.29) is 23.0 Å². The van der Waals surface area contributed by atoms with Gasteiger partial charge in [0.2, 0.25) is 0 Å². The summed E-state index contributed by atoms with van der Waals surface area (Å²) in [6.45, 7) is 3.27. The molecule has 0 aromatic heterocycles. The van der Waals surface area contributed by atoms with Gasteiger partial charge in [-0.05, 0) is 43.7 Å². The monoisotopic (exact) mass is 548 g/mol. The van der Waals surface area contributed by atoms with Crippen LogP contribution >= 0.6 is 0 Å². The van der Waals surface area contributed by atoms with Crippen LogP contribution in [0.1, 0.15) is 16.7 Å². The Kier molecular flexibility index (Phi) is 8.44. The number of rotatable bonds is 9. The summed E-state index contributed by atoms with van der Waals surface area (Å²) >= 11 is 0. The first-order valence-electron chi connectivity index (χ1n) is 11.5. The summed E-state index contributed by atoms with van der Waals surface area (Å²) in [5.74, 6) is 0. The molecule has 1 saturated heterocycles. The molecule has 1 aliphatic rings. The summed E-state index contributed by atoms with van der Waals surface area (Å²) in [7, 11) is -8.67. The minimum atomic E-state index is -4.37. The van der Waals surface area contributed by atoms with E-state index in [1.54, 1.807) is 43.3 Å². The Morgan fingerprint density at radius 1 is 0.784 bits per heavy atom. The summed E-state index contributed by atoms with van der Waals surface area (Å²) in [4.78, 5) is -0.250. The van der Waals surface area contributed by atoms with Gasteiger partial charge in [-0.3, -0.25) is 8.37 Å². The zero-order chi connectivity index (χ0) is 26.6. The van der Waals surface area contributed by atoms with Crippen molar-refractivity contribution in [2.24, 2.45) is 0 Å². The second-order valence-corrected chi connectivity index (χ2v) is 11.9. The first kappa shape index (κ1) is 27.4. The van der Waals surface area contributed by atoms with E-state index in [4.69, 9.17) is 17.8 Å². The van der Waals surface area contributed by atoms with Gasteiger partial charge in [0.1, 0.15) is 12.2 Å². The maximum Gasteiger partial charge on any atom is 0.297 e. The summed E-state index contributed by atoms with van der Waals surface area (Å²) in [6, 6.07) is 21.0. The van der Waals surface area contributed by atoms with Crippen LogP contribution in [0.5, 0.6) is 0 Å². The predicted octanol–water partition coefficient (Wildman–Crippen LogP) is 3.09. The lowest BCUT2D eigenvalue weighted by molar-refractivity contribution is -0.262. The van der Waals surface area contributed by atoms with Gasteiger partial charge >= 0.3 is 0 Å². The van der Waals surface area contributed by atoms with Crippen molar-refractivity contribution in [1.82, 2.24) is 0 Å². The van der Waals surface area contributed by atoms with Crippen molar-refractivity contribution >= 4 is 20.2 Å². The Morgan fingerprint density at radius 2 is 1.30 bits per heavy atom. The van der Waals surface area contributed by atoms with Crippen molar-refractivity contribution in [3.63, 3.8) is 0 Å². The van der Waals surface area contributed by atoms with Crippen LogP contribution in [0.25, 0.3) is 0 Å². The maximum absolute atomic E-state index is 13.0. The van der Waals surface area contributed by atoms with E-state index in [9.17, 15) is 21.9 Å². The Labute approximate surface area is 216 Å². The van der Waals surface area contributed by atoms with E-state index in [1.807, 2.05) is 25.1 Å². The lowest BCUT2D eigenvalue weighted by Gasteiger charge is -2.38. The van der Waals surface area contributed by atoms with Gasteiger partial charge in [0.05, 0.1) is 23.0 Å². The predicted molar refractivity (Wildman–Crippen MR) is 133 cm³/mol. The highest BCUT2D eigenvalue weighted by atomic mass is 32.2. The SMILES string of the molecule is Cc1ccc(S(=O)(=O)O[C@H]2[C@H](OCc3ccccc3)OC[C@H](OS(=O)(=O)c3ccc(C)cc3)[C@H]2O)cc1. The van der Waals surface area contributed by atoms with Gasteiger partial charge < -0.3 is 14.6 Å². The minimum Gasteiger partial charge on any atom is -0.387 e. The number of hydrogen-bond donors (Lipinski definition) is 1. The lowest BCUT2D eigenvalue weighted by atomic mass is 10.1. The Hall–Kier alpha value is -2.64. The minimum absolute atomic E-state index is 0.0376. The van der Waals surface area contributed by atoms with Crippen molar-refractivity contribution in [2.45, 2.75) is 54.8 Å². The van der Waals surface area contributed by atoms with Crippen molar-refractivity contribution in [3.05, 3.63) is 95.6 Å². The molecule has 9 nitrogen and oxygen atoms in total. The van der Waals surface area contributed by atoms with E-state index in [0.29, 0.717) is 0 Å². The molecule has 3 aromatic carbocycles. The molecular weight excluding hydrogens is 520 g/mol. The molecule has 1 fully saturated rings. The normalized spacial score (nSPS) is 22.6. The van der Waals surface area contributed by atoms with E-state index in [0.717, 1.165) is 16.7 Å². The van der Waals surface area contributed by atoms with Gasteiger partial charge in [0.25, 0.3) is 20.2 Å². The molecule has 1 N–H and O–H groups in total. The standard InChI is InChI=1S/C26H28O9S2/c1-18-8-12-21(13-9-18)36(28,29)34-23-17-33-26(32-16-20-6-4-3-5-7-20)25(24(23)27)35-37(30,31)22-14-10-19(2)11-15-22/h3-15,23-27H,16-17H2,1-2H3/t23-,24+,25+,26+/m0/s1. The zero-order valence-corrected chi connectivity index (χ0v) is 21.9. The van der Waals surface area contributed by atoms with Gasteiger partial charge in [-0.1, -0.05) is 65.7 Å². The van der Waals surface area contributed by atoms with E-state index >= 15 is 0 Å². The first-order valence-corrected chi connectivity index (χ1v) is 14.3. The molecule has 4 rings (SSSR count). The molecule has 11 heteroatoms. The van der Waals surface area contributed by atoms with E-state index < -0.39 is 44.8 Å². The van der Waals surface area contributed by atoms with Crippen molar-refractivity contribution in [2.75, 3.05) is 6.61 Å². The molecule has 1 aliphatic heterocycles. The molecule has 0 bridgehead atoms. The smallest absolute Gasteiger partial charge is 0.297 e. The molecule has 0 saturated carbocycles. The number of hydrogen-bond acceptors (Lipinski definition) is 9. The van der Waals surface area contributed by atoms with Gasteiger partial charge in [-0.25, -0.2) is 0 Å². The highest BCUT2D eigenvalue weighted by Gasteiger charge is 2.46. The third-order valence-corrected chi connectivity index (χ3v) is 8.45. The van der Waals surface area contributed by atoms with Crippen molar-refractivity contribution in [3.8, 4) is 0 Å². The molecule has 37 heavy (non-hydrogen) atoms. The third kappa shape index (κ3) is 6.82. The molecule has 0 aliphatic carbocycles. The fraction of sp³-hybridized carbons (Fsp3) is 0.308. The lowest BCUT2D eigenvalue weighted by Crippen LogP contribution is -2.56. The van der Waals surface area contributed by atoms with Crippen LogP contribution in [0.2, 0.25) is 0 Å². The van der Waals surface area contributed by atoms with Crippen LogP contribution in [0, 0.1) is 13.8 Å². The van der Waals surface area contributed by atoms with Crippen LogP contribution in [0.15, 0.2) is 88.7 Å². The molecule has 0 amide bonds. The average molecular weight is 549 g/mol. The highest BCUT2D eigenvalue weighted by Crippen LogP contribution is 2.28. The second-order valence-electron chi connectivity index (χ2n) is 8.72. The van der Waals surface area contributed by atoms with Crippen LogP contribution < -0.4 is 0 Å². The molecule has 198 valence electrons. The first-order chi connectivity index (χ1) is 17.5. The Bertz CT molecular complexity index is 1390. The second kappa shape index (κ2) is 11.4. The summed E-state index contributed by atoms with van der Waals surface area (Å²) in [5.41, 5.74) is 2.48. The highest BCUT2D eigenvalue weighted by molar-refractivity contribution is 7.87. The van der Waals surface area contributed by atoms with E-state index in [1.165, 1.54) is 24.3 Å². The largest absolute Gasteiger partial charge is 0.387 e. The molecule has 0 unspecified atom stereocenters. The third-order valence-electron chi connectivity index (χ3n) is 5.77. The molecule has 1 heterocycles. The maximum atomic E-state index is 13.0. The number of benzene rings is 3. The van der Waals surface area contributed by atoms with Crippen LogP contribution in [-0.4, -0.2) is 53.2 Å². The zero-order valence-electron chi connectivity index (χ0n) is 20.3. The Morgan fingerprint density at radius 3 is 1.84 bits per heavy atom. The van der Waals surface area contributed by atoms with Gasteiger partial charge in [0, 0.05) is 0 Å². The number of ether oxygens (including phenoxy) is 2. The molecule has 4 atom stereocenters. The van der Waals surface area contributed by atoms with Crippen LogP contribution in [0.4, 0.5) is 0 Å². The fourth-order valence-corrected chi connectivity index (χ4v) is 5.82. The van der Waals surface area contributed by atoms with Crippen LogP contribution in [-0.2, 0) is 44.7 Å². The van der Waals surface area contributed by atoms with Crippen LogP contribution in [0.3, 0.4) is 0 Å². The van der Waals surface area contributed by atoms with Gasteiger partial charge in [-0.2, -0.15) is 16.8 Å². The fourth-order valence-electron chi connectivity index (χ4n) is 3.67. The topological polar surface area (TPSA) is 125 Å². The summed E-state index contributed by atoms with van der Waals surface area (Å²) in [6.07, 6.45) is -6.09. The summed E-state index contributed by atoms with van der Waals surface area (Å²) in [5, 5.41) is 11.1. The molecule has 0 radical (unpaired) electrons. The van der Waals surface area contributed by atoms with Gasteiger partial charge in [0.15, 0.2) is 12.4 Å². The average Bonchev–Trinajstić information content (AvgIpc) is 2.87. The number of aliphatic hydroxyl groups excluding tert-OH is 1. The van der Waals surface area contributed by atoms with Crippen molar-refractivity contribution in [1.29, 1.82) is 0 Å². The summed E-state index contributed by atoms with van der Waals surface area (Å²) < 4.78 is 73.7. The quantitative estimate of drug-likeness (QED) is 0.402. The molecule has 3 aromatic rings. The van der Waals surface area contributed by atoms with E-state index in [2.05, 4.69) is 0 Å². The molecular formula is C26H28O9S2. The Balaban J connectivity index is 1.57. The molecule has 0 spiro atoms. The van der Waals surface area contributed by atoms with Gasteiger partial charge in [-0.15, -0.1) is 0 Å². The van der Waals surface area contributed by atoms with Crippen molar-refractivity contribution < 1.29 is 39.8 Å². The number of aryl methyl sites for hydroxylation is 2. The number of aliphatic hydroxyl groups is 1.